The fourth-order valence-corrected chi connectivity index (χ4v) is 8.37. The van der Waals surface area contributed by atoms with Crippen molar-refractivity contribution >= 4 is 19.7 Å². The highest BCUT2D eigenvalue weighted by molar-refractivity contribution is 7.45. The van der Waals surface area contributed by atoms with Gasteiger partial charge in [0.1, 0.15) is 19.3 Å². The number of ether oxygens (including phenoxy) is 1. The van der Waals surface area contributed by atoms with Gasteiger partial charge in [0.05, 0.1) is 33.8 Å². The quantitative estimate of drug-likeness (QED) is 0.0212. The summed E-state index contributed by atoms with van der Waals surface area (Å²) in [7, 11) is 1.16. The van der Waals surface area contributed by atoms with Gasteiger partial charge in [-0.15, -0.1) is 0 Å². The van der Waals surface area contributed by atoms with Gasteiger partial charge in [0.15, 0.2) is 0 Å². The average Bonchev–Trinajstić information content (AvgIpc) is 3.28. The number of phosphoric acid groups is 1. The third-order valence-electron chi connectivity index (χ3n) is 11.9. The van der Waals surface area contributed by atoms with Crippen LogP contribution in [0, 0.1) is 0 Å². The molecule has 0 saturated carbocycles. The Kier molecular flexibility index (Phi) is 45.8. The molecule has 10 heteroatoms. The highest BCUT2D eigenvalue weighted by Gasteiger charge is 2.27. The molecule has 0 heterocycles. The zero-order valence-corrected chi connectivity index (χ0v) is 45.2. The van der Waals surface area contributed by atoms with Crippen molar-refractivity contribution in [2.75, 3.05) is 40.9 Å². The lowest BCUT2D eigenvalue weighted by molar-refractivity contribution is -0.870. The normalized spacial score (nSPS) is 14.3. The number of nitrogens with one attached hydrogen (secondary N) is 1. The summed E-state index contributed by atoms with van der Waals surface area (Å²) in [5.74, 6) is -0.573. The Bertz CT molecular complexity index is 1340. The van der Waals surface area contributed by atoms with E-state index in [0.717, 1.165) is 96.3 Å². The number of carbonyl (C=O) groups is 2. The molecular weight excluding hydrogens is 856 g/mol. The number of unbranched alkanes of at least 4 members (excludes halogenated alkanes) is 25. The van der Waals surface area contributed by atoms with Crippen molar-refractivity contribution in [3.8, 4) is 0 Å². The molecule has 390 valence electrons. The molecule has 0 aliphatic carbocycles. The van der Waals surface area contributed by atoms with E-state index in [9.17, 15) is 19.0 Å². The summed E-state index contributed by atoms with van der Waals surface area (Å²) in [6.07, 6.45) is 57.5. The molecule has 0 spiro atoms. The zero-order chi connectivity index (χ0) is 49.4. The first-order valence-electron chi connectivity index (χ1n) is 27.6. The van der Waals surface area contributed by atoms with Gasteiger partial charge in [-0.25, -0.2) is 0 Å². The number of hydrogen-bond acceptors (Lipinski definition) is 7. The van der Waals surface area contributed by atoms with Gasteiger partial charge < -0.3 is 28.5 Å². The van der Waals surface area contributed by atoms with Crippen molar-refractivity contribution in [3.63, 3.8) is 0 Å². The number of rotatable bonds is 49. The Morgan fingerprint density at radius 1 is 0.537 bits per heavy atom. The Hall–Kier alpha value is -2.29. The number of likely N-dealkylation sites (N-methyl/N-ethyl adjacent to an activating group) is 1. The van der Waals surface area contributed by atoms with Gasteiger partial charge in [-0.05, 0) is 89.5 Å². The molecule has 0 bridgehead atoms. The van der Waals surface area contributed by atoms with E-state index in [1.807, 2.05) is 33.3 Å². The molecule has 1 N–H and O–H groups in total. The number of esters is 1. The van der Waals surface area contributed by atoms with Crippen LogP contribution in [0.4, 0.5) is 0 Å². The molecule has 0 aliphatic heterocycles. The van der Waals surface area contributed by atoms with Crippen molar-refractivity contribution in [2.45, 2.75) is 251 Å². The largest absolute Gasteiger partial charge is 0.756 e. The average molecular weight is 961 g/mol. The maximum Gasteiger partial charge on any atom is 0.306 e. The van der Waals surface area contributed by atoms with E-state index >= 15 is 0 Å². The van der Waals surface area contributed by atoms with Gasteiger partial charge in [-0.1, -0.05) is 197 Å². The maximum absolute atomic E-state index is 13.4. The number of phosphoric ester groups is 1. The first-order valence-corrected chi connectivity index (χ1v) is 29.1. The number of nitrogens with zero attached hydrogens (tertiary/aromatic N) is 1. The lowest BCUT2D eigenvalue weighted by Crippen LogP contribution is -2.47. The summed E-state index contributed by atoms with van der Waals surface area (Å²) < 4.78 is 30.2. The van der Waals surface area contributed by atoms with Crippen LogP contribution in [0.1, 0.15) is 239 Å². The topological polar surface area (TPSA) is 114 Å². The van der Waals surface area contributed by atoms with Crippen LogP contribution in [0.3, 0.4) is 0 Å². The number of hydrogen-bond donors (Lipinski definition) is 1. The molecule has 0 fully saturated rings. The molecule has 3 atom stereocenters. The van der Waals surface area contributed by atoms with Crippen molar-refractivity contribution in [1.29, 1.82) is 0 Å². The Balaban J connectivity index is 5.43. The summed E-state index contributed by atoms with van der Waals surface area (Å²) >= 11 is 0. The second-order valence-electron chi connectivity index (χ2n) is 19.7. The Labute approximate surface area is 413 Å². The monoisotopic (exact) mass is 961 g/mol. The Morgan fingerprint density at radius 2 is 0.955 bits per heavy atom. The van der Waals surface area contributed by atoms with E-state index in [4.69, 9.17) is 13.8 Å². The minimum Gasteiger partial charge on any atom is -0.756 e. The number of allylic oxidation sites excluding steroid dienone is 9. The molecule has 0 aromatic carbocycles. The lowest BCUT2D eigenvalue weighted by atomic mass is 10.0. The third-order valence-corrected chi connectivity index (χ3v) is 12.9. The van der Waals surface area contributed by atoms with Crippen LogP contribution in [0.25, 0.3) is 0 Å². The minimum absolute atomic E-state index is 0.0289. The van der Waals surface area contributed by atoms with Gasteiger partial charge >= 0.3 is 5.97 Å². The first-order chi connectivity index (χ1) is 32.4. The molecule has 9 nitrogen and oxygen atoms in total. The second kappa shape index (κ2) is 47.4. The lowest BCUT2D eigenvalue weighted by Gasteiger charge is -2.30. The summed E-state index contributed by atoms with van der Waals surface area (Å²) in [5.41, 5.74) is 0. The highest BCUT2D eigenvalue weighted by Crippen LogP contribution is 2.38. The van der Waals surface area contributed by atoms with Crippen LogP contribution in [0.15, 0.2) is 60.8 Å². The first kappa shape index (κ1) is 64.7. The van der Waals surface area contributed by atoms with Gasteiger partial charge in [0.25, 0.3) is 7.82 Å². The summed E-state index contributed by atoms with van der Waals surface area (Å²) in [6, 6.07) is -0.901. The molecule has 1 amide bonds. The predicted molar refractivity (Wildman–Crippen MR) is 284 cm³/mol. The number of amides is 1. The number of carbonyl (C=O) groups excluding carboxylic acids is 2. The number of quaternary nitrogens is 1. The van der Waals surface area contributed by atoms with E-state index in [1.54, 1.807) is 0 Å². The van der Waals surface area contributed by atoms with Crippen molar-refractivity contribution in [2.24, 2.45) is 0 Å². The van der Waals surface area contributed by atoms with Crippen LogP contribution in [0.5, 0.6) is 0 Å². The van der Waals surface area contributed by atoms with Crippen molar-refractivity contribution in [3.05, 3.63) is 60.8 Å². The second-order valence-corrected chi connectivity index (χ2v) is 21.1. The van der Waals surface area contributed by atoms with Crippen LogP contribution < -0.4 is 10.2 Å². The van der Waals surface area contributed by atoms with E-state index in [-0.39, 0.29) is 31.3 Å². The van der Waals surface area contributed by atoms with Gasteiger partial charge in [0.2, 0.25) is 5.91 Å². The SMILES string of the molecule is CC/C=C/C/C=C/C/C=C/CCCCCCC(=O)NC(COP(=O)([O-])OCC[N+](C)(C)C)C(/C=C/CCCCCCCCCCCC)OC(=O)CCCCCCCCC/C=C\CCCCCC. The fraction of sp³-hybridized carbons (Fsp3) is 0.789. The molecule has 0 aromatic heterocycles. The molecule has 0 aliphatic rings. The molecule has 0 aromatic rings. The van der Waals surface area contributed by atoms with Crippen LogP contribution in [0.2, 0.25) is 0 Å². The molecule has 0 rings (SSSR count). The molecule has 3 unspecified atom stereocenters. The standard InChI is InChI=1S/C57H105N2O7P/c1-7-10-13-16-19-22-25-28-30-32-35-38-41-44-47-50-57(61)66-55(48-45-42-39-36-33-27-24-21-18-15-12-9-3)54(53-65-67(62,63)64-52-51-59(4,5)6)58-56(60)49-46-43-40-37-34-31-29-26-23-20-17-14-11-8-2/h11,14,20,22-23,25,29,31,45,48,54-55H,7-10,12-13,15-19,21,24,26-28,30,32-44,46-47,49-53H2,1-6H3,(H-,58,60,62,63)/b14-11+,23-20+,25-22-,31-29+,48-45+. The summed E-state index contributed by atoms with van der Waals surface area (Å²) in [4.78, 5) is 39.8. The van der Waals surface area contributed by atoms with Gasteiger partial charge in [0, 0.05) is 12.8 Å². The van der Waals surface area contributed by atoms with Gasteiger partial charge in [-0.3, -0.25) is 14.2 Å². The van der Waals surface area contributed by atoms with E-state index < -0.39 is 26.6 Å². The van der Waals surface area contributed by atoms with E-state index in [1.165, 1.54) is 103 Å². The molecule has 0 radical (unpaired) electrons. The minimum atomic E-state index is -4.70. The summed E-state index contributed by atoms with van der Waals surface area (Å²) in [5, 5.41) is 3.00. The fourth-order valence-electron chi connectivity index (χ4n) is 7.65. The van der Waals surface area contributed by atoms with Crippen LogP contribution in [-0.4, -0.2) is 69.4 Å². The smallest absolute Gasteiger partial charge is 0.306 e. The molecule has 0 saturated heterocycles. The van der Waals surface area contributed by atoms with Crippen LogP contribution >= 0.6 is 7.82 Å². The zero-order valence-electron chi connectivity index (χ0n) is 44.3. The van der Waals surface area contributed by atoms with E-state index in [0.29, 0.717) is 17.4 Å². The van der Waals surface area contributed by atoms with Crippen LogP contribution in [-0.2, 0) is 27.9 Å². The third kappa shape index (κ3) is 48.5. The predicted octanol–water partition coefficient (Wildman–Crippen LogP) is 15.7. The Morgan fingerprint density at radius 3 is 1.46 bits per heavy atom. The maximum atomic E-state index is 13.4. The van der Waals surface area contributed by atoms with E-state index in [2.05, 4.69) is 74.7 Å². The van der Waals surface area contributed by atoms with Crippen molar-refractivity contribution in [1.82, 2.24) is 5.32 Å². The highest BCUT2D eigenvalue weighted by atomic mass is 31.2. The van der Waals surface area contributed by atoms with Gasteiger partial charge in [-0.2, -0.15) is 0 Å². The van der Waals surface area contributed by atoms with Crippen molar-refractivity contribution < 1.29 is 37.3 Å². The molecular formula is C57H105N2O7P. The summed E-state index contributed by atoms with van der Waals surface area (Å²) in [6.45, 7) is 6.68. The molecule has 67 heavy (non-hydrogen) atoms.